The van der Waals surface area contributed by atoms with E-state index < -0.39 is 0 Å². The minimum atomic E-state index is -0.334. The van der Waals surface area contributed by atoms with E-state index in [0.29, 0.717) is 5.78 Å². The monoisotopic (exact) mass is 261 g/mol. The third-order valence-electron chi connectivity index (χ3n) is 4.68. The van der Waals surface area contributed by atoms with Crippen LogP contribution in [-0.4, -0.2) is 42.5 Å². The molecule has 1 saturated carbocycles. The molecule has 0 bridgehead atoms. The Kier molecular flexibility index (Phi) is 3.85. The molecular formula is C16H23NO2. The van der Waals surface area contributed by atoms with Gasteiger partial charge in [-0.2, -0.15) is 0 Å². The Hall–Kier alpha value is -0.930. The molecule has 1 atom stereocenters. The van der Waals surface area contributed by atoms with Crippen LogP contribution in [0, 0.1) is 0 Å². The molecule has 104 valence electrons. The van der Waals surface area contributed by atoms with Gasteiger partial charge in [0.25, 0.3) is 0 Å². The maximum Gasteiger partial charge on any atom is 0.157 e. The van der Waals surface area contributed by atoms with Gasteiger partial charge in [-0.25, -0.2) is 0 Å². The summed E-state index contributed by atoms with van der Waals surface area (Å²) in [4.78, 5) is 15.1. The topological polar surface area (TPSA) is 29.5 Å². The van der Waals surface area contributed by atoms with Crippen molar-refractivity contribution in [2.45, 2.75) is 44.1 Å². The molecule has 1 saturated heterocycles. The largest absolute Gasteiger partial charge is 0.379 e. The molecule has 3 heteroatoms. The van der Waals surface area contributed by atoms with Gasteiger partial charge in [0, 0.05) is 19.5 Å². The van der Waals surface area contributed by atoms with Crippen LogP contribution in [0.1, 0.15) is 38.5 Å². The molecule has 19 heavy (non-hydrogen) atoms. The van der Waals surface area contributed by atoms with Gasteiger partial charge in [-0.1, -0.05) is 24.6 Å². The molecule has 0 N–H and O–H groups in total. The van der Waals surface area contributed by atoms with Gasteiger partial charge in [0.2, 0.25) is 0 Å². The van der Waals surface area contributed by atoms with E-state index in [-0.39, 0.29) is 5.54 Å². The molecule has 0 aromatic carbocycles. The van der Waals surface area contributed by atoms with E-state index in [1.807, 2.05) is 0 Å². The Morgan fingerprint density at radius 3 is 2.68 bits per heavy atom. The van der Waals surface area contributed by atoms with Crippen LogP contribution in [0.25, 0.3) is 0 Å². The normalized spacial score (nSPS) is 33.3. The SMILES string of the molecule is O=C1CCCCC1(C1=CCCC=C1)N1CCOCC1. The van der Waals surface area contributed by atoms with E-state index in [4.69, 9.17) is 4.74 Å². The van der Waals surface area contributed by atoms with E-state index in [1.165, 1.54) is 5.57 Å². The highest BCUT2D eigenvalue weighted by Crippen LogP contribution is 2.39. The summed E-state index contributed by atoms with van der Waals surface area (Å²) in [5.74, 6) is 0.429. The molecule has 2 aliphatic carbocycles. The lowest BCUT2D eigenvalue weighted by Crippen LogP contribution is -2.60. The highest BCUT2D eigenvalue weighted by molar-refractivity contribution is 5.93. The number of Topliss-reactive ketones (excluding diaryl/α,β-unsaturated/α-hetero) is 1. The number of rotatable bonds is 2. The lowest BCUT2D eigenvalue weighted by atomic mass is 9.72. The van der Waals surface area contributed by atoms with Crippen LogP contribution in [-0.2, 0) is 9.53 Å². The fraction of sp³-hybridized carbons (Fsp3) is 0.688. The molecule has 3 rings (SSSR count). The predicted molar refractivity (Wildman–Crippen MR) is 75.1 cm³/mol. The first kappa shape index (κ1) is 13.1. The number of allylic oxidation sites excluding steroid dienone is 2. The maximum absolute atomic E-state index is 12.8. The van der Waals surface area contributed by atoms with Gasteiger partial charge in [-0.15, -0.1) is 0 Å². The summed E-state index contributed by atoms with van der Waals surface area (Å²) in [6, 6.07) is 0. The summed E-state index contributed by atoms with van der Waals surface area (Å²) < 4.78 is 5.47. The van der Waals surface area contributed by atoms with Crippen molar-refractivity contribution in [1.82, 2.24) is 4.90 Å². The van der Waals surface area contributed by atoms with Crippen LogP contribution >= 0.6 is 0 Å². The van der Waals surface area contributed by atoms with Gasteiger partial charge < -0.3 is 4.74 Å². The van der Waals surface area contributed by atoms with Gasteiger partial charge in [0.1, 0.15) is 5.54 Å². The van der Waals surface area contributed by atoms with Crippen LogP contribution in [0.2, 0.25) is 0 Å². The van der Waals surface area contributed by atoms with Crippen molar-refractivity contribution in [1.29, 1.82) is 0 Å². The molecule has 1 aliphatic heterocycles. The van der Waals surface area contributed by atoms with Crippen molar-refractivity contribution < 1.29 is 9.53 Å². The van der Waals surface area contributed by atoms with Crippen LogP contribution in [0.3, 0.4) is 0 Å². The summed E-state index contributed by atoms with van der Waals surface area (Å²) >= 11 is 0. The predicted octanol–water partition coefficient (Wildman–Crippen LogP) is 2.48. The fourth-order valence-electron chi connectivity index (χ4n) is 3.70. The number of hydrogen-bond acceptors (Lipinski definition) is 3. The summed E-state index contributed by atoms with van der Waals surface area (Å²) in [7, 11) is 0. The number of hydrogen-bond donors (Lipinski definition) is 0. The first-order valence-electron chi connectivity index (χ1n) is 7.57. The van der Waals surface area contributed by atoms with Gasteiger partial charge in [-0.05, 0) is 31.3 Å². The summed E-state index contributed by atoms with van der Waals surface area (Å²) in [6.45, 7) is 3.28. The molecule has 0 radical (unpaired) electrons. The number of ketones is 1. The lowest BCUT2D eigenvalue weighted by molar-refractivity contribution is -0.134. The molecule has 1 unspecified atom stereocenters. The van der Waals surface area contributed by atoms with Crippen molar-refractivity contribution >= 4 is 5.78 Å². The fourth-order valence-corrected chi connectivity index (χ4v) is 3.70. The van der Waals surface area contributed by atoms with Crippen molar-refractivity contribution in [2.24, 2.45) is 0 Å². The van der Waals surface area contributed by atoms with Gasteiger partial charge in [0.15, 0.2) is 5.78 Å². The zero-order chi connectivity index (χ0) is 13.1. The Bertz CT molecular complexity index is 407. The molecule has 0 spiro atoms. The molecule has 0 aromatic heterocycles. The minimum Gasteiger partial charge on any atom is -0.379 e. The average Bonchev–Trinajstić information content (AvgIpc) is 2.50. The zero-order valence-electron chi connectivity index (χ0n) is 11.6. The zero-order valence-corrected chi connectivity index (χ0v) is 11.6. The third-order valence-corrected chi connectivity index (χ3v) is 4.68. The Morgan fingerprint density at radius 2 is 2.00 bits per heavy atom. The van der Waals surface area contributed by atoms with Crippen LogP contribution in [0.15, 0.2) is 23.8 Å². The summed E-state index contributed by atoms with van der Waals surface area (Å²) in [5, 5.41) is 0. The molecule has 3 nitrogen and oxygen atoms in total. The smallest absolute Gasteiger partial charge is 0.157 e. The highest BCUT2D eigenvalue weighted by Gasteiger charge is 2.47. The first-order valence-corrected chi connectivity index (χ1v) is 7.57. The highest BCUT2D eigenvalue weighted by atomic mass is 16.5. The second kappa shape index (κ2) is 5.59. The second-order valence-corrected chi connectivity index (χ2v) is 5.73. The molecule has 0 amide bonds. The summed E-state index contributed by atoms with van der Waals surface area (Å²) in [6.07, 6.45) is 12.8. The molecule has 2 fully saturated rings. The number of carbonyl (C=O) groups excluding carboxylic acids is 1. The van der Waals surface area contributed by atoms with E-state index >= 15 is 0 Å². The van der Waals surface area contributed by atoms with Crippen LogP contribution in [0.4, 0.5) is 0 Å². The minimum absolute atomic E-state index is 0.334. The van der Waals surface area contributed by atoms with E-state index in [9.17, 15) is 4.79 Å². The summed E-state index contributed by atoms with van der Waals surface area (Å²) in [5.41, 5.74) is 0.921. The van der Waals surface area contributed by atoms with Crippen molar-refractivity contribution in [3.63, 3.8) is 0 Å². The number of morpholine rings is 1. The second-order valence-electron chi connectivity index (χ2n) is 5.73. The molecule has 0 aromatic rings. The quantitative estimate of drug-likeness (QED) is 0.765. The van der Waals surface area contributed by atoms with E-state index in [1.54, 1.807) is 0 Å². The number of ether oxygens (including phenoxy) is 1. The van der Waals surface area contributed by atoms with Gasteiger partial charge in [-0.3, -0.25) is 9.69 Å². The average molecular weight is 261 g/mol. The molecular weight excluding hydrogens is 238 g/mol. The molecule has 3 aliphatic rings. The third kappa shape index (κ3) is 2.30. The van der Waals surface area contributed by atoms with Crippen molar-refractivity contribution in [2.75, 3.05) is 26.3 Å². The standard InChI is InChI=1S/C16H23NO2/c18-15-8-4-5-9-16(15,14-6-2-1-3-7-14)17-10-12-19-13-11-17/h2,6-7H,1,3-5,8-13H2. The molecule has 1 heterocycles. The van der Waals surface area contributed by atoms with Crippen molar-refractivity contribution in [3.8, 4) is 0 Å². The maximum atomic E-state index is 12.8. The first-order chi connectivity index (χ1) is 9.34. The lowest BCUT2D eigenvalue weighted by Gasteiger charge is -2.48. The van der Waals surface area contributed by atoms with Gasteiger partial charge >= 0.3 is 0 Å². The van der Waals surface area contributed by atoms with E-state index in [2.05, 4.69) is 23.1 Å². The Balaban J connectivity index is 1.96. The van der Waals surface area contributed by atoms with E-state index in [0.717, 1.165) is 64.8 Å². The van der Waals surface area contributed by atoms with Crippen LogP contribution in [0.5, 0.6) is 0 Å². The number of nitrogens with zero attached hydrogens (tertiary/aromatic N) is 1. The van der Waals surface area contributed by atoms with Crippen molar-refractivity contribution in [3.05, 3.63) is 23.8 Å². The number of carbonyl (C=O) groups is 1. The Morgan fingerprint density at radius 1 is 1.16 bits per heavy atom. The Labute approximate surface area is 115 Å². The van der Waals surface area contributed by atoms with Crippen LogP contribution < -0.4 is 0 Å². The van der Waals surface area contributed by atoms with Gasteiger partial charge in [0.05, 0.1) is 13.2 Å².